The van der Waals surface area contributed by atoms with E-state index in [-0.39, 0.29) is 18.3 Å². The highest BCUT2D eigenvalue weighted by Crippen LogP contribution is 2.33. The monoisotopic (exact) mass is 366 g/mol. The molecule has 0 spiro atoms. The van der Waals surface area contributed by atoms with E-state index >= 15 is 0 Å². The summed E-state index contributed by atoms with van der Waals surface area (Å²) in [5.41, 5.74) is 6.11. The summed E-state index contributed by atoms with van der Waals surface area (Å²) in [7, 11) is 1.76. The number of benzene rings is 1. The second-order valence-corrected chi connectivity index (χ2v) is 6.27. The fraction of sp³-hybridized carbons (Fsp3) is 0.533. The van der Waals surface area contributed by atoms with Crippen LogP contribution >= 0.6 is 35.6 Å². The zero-order valence-corrected chi connectivity index (χ0v) is 14.8. The molecule has 0 aliphatic carbocycles. The summed E-state index contributed by atoms with van der Waals surface area (Å²) in [4.78, 5) is 14.4. The molecule has 1 aromatic carbocycles. The molecule has 0 atom stereocenters. The lowest BCUT2D eigenvalue weighted by Gasteiger charge is -2.37. The molecule has 0 bridgehead atoms. The zero-order valence-electron chi connectivity index (χ0n) is 12.5. The largest absolute Gasteiger partial charge is 0.381 e. The predicted molar refractivity (Wildman–Crippen MR) is 91.7 cm³/mol. The summed E-state index contributed by atoms with van der Waals surface area (Å²) in [6, 6.07) is 5.33. The van der Waals surface area contributed by atoms with Crippen LogP contribution in [0, 0.1) is 5.41 Å². The van der Waals surface area contributed by atoms with Gasteiger partial charge in [-0.25, -0.2) is 0 Å². The molecule has 22 heavy (non-hydrogen) atoms. The van der Waals surface area contributed by atoms with Crippen LogP contribution in [-0.4, -0.2) is 37.6 Å². The smallest absolute Gasteiger partial charge is 0.230 e. The van der Waals surface area contributed by atoms with E-state index in [1.165, 1.54) is 0 Å². The molecule has 0 radical (unpaired) electrons. The molecule has 1 saturated heterocycles. The Labute approximate surface area is 147 Å². The molecule has 1 aliphatic rings. The first-order chi connectivity index (χ1) is 10.00. The topological polar surface area (TPSA) is 55.6 Å². The Bertz CT molecular complexity index is 499. The van der Waals surface area contributed by atoms with Gasteiger partial charge >= 0.3 is 0 Å². The molecule has 7 heteroatoms. The van der Waals surface area contributed by atoms with Gasteiger partial charge in [0.15, 0.2) is 0 Å². The highest BCUT2D eigenvalue weighted by Gasteiger charge is 2.40. The van der Waals surface area contributed by atoms with Crippen LogP contribution in [0.2, 0.25) is 10.0 Å². The number of hydrogen-bond donors (Lipinski definition) is 1. The molecule has 1 aliphatic heterocycles. The summed E-state index contributed by atoms with van der Waals surface area (Å²) in [5, 5.41) is 1.13. The lowest BCUT2D eigenvalue weighted by molar-refractivity contribution is -0.146. The Balaban J connectivity index is 0.00000242. The van der Waals surface area contributed by atoms with Gasteiger partial charge in [-0.05, 0) is 25.0 Å². The van der Waals surface area contributed by atoms with Crippen molar-refractivity contribution in [3.05, 3.63) is 33.8 Å². The fourth-order valence-electron chi connectivity index (χ4n) is 2.66. The summed E-state index contributed by atoms with van der Waals surface area (Å²) in [6.45, 7) is 1.85. The zero-order chi connectivity index (χ0) is 15.5. The number of carbonyl (C=O) groups excluding carboxylic acids is 1. The van der Waals surface area contributed by atoms with Crippen molar-refractivity contribution < 1.29 is 9.53 Å². The minimum absolute atomic E-state index is 0. The number of nitrogens with two attached hydrogens (primary N) is 1. The van der Waals surface area contributed by atoms with Crippen molar-refractivity contribution in [2.24, 2.45) is 11.1 Å². The molecule has 2 rings (SSSR count). The van der Waals surface area contributed by atoms with Crippen molar-refractivity contribution in [2.75, 3.05) is 26.8 Å². The van der Waals surface area contributed by atoms with Gasteiger partial charge in [-0.15, -0.1) is 12.4 Å². The molecular weight excluding hydrogens is 347 g/mol. The standard InChI is InChI=1S/C15H20Cl2N2O2.ClH/c1-19(9-11-12(16)3-2-4-13(11)17)14(20)15(10-18)5-7-21-8-6-15;/h2-4H,5-10,18H2,1H3;1H. The molecule has 0 saturated carbocycles. The Kier molecular flexibility index (Phi) is 7.42. The average Bonchev–Trinajstić information content (AvgIpc) is 2.50. The Morgan fingerprint density at radius 1 is 1.32 bits per heavy atom. The van der Waals surface area contributed by atoms with Crippen LogP contribution in [0.3, 0.4) is 0 Å². The van der Waals surface area contributed by atoms with Gasteiger partial charge in [0.25, 0.3) is 0 Å². The van der Waals surface area contributed by atoms with Gasteiger partial charge in [0.05, 0.1) is 5.41 Å². The minimum Gasteiger partial charge on any atom is -0.381 e. The summed E-state index contributed by atoms with van der Waals surface area (Å²) in [5.74, 6) is 0.0317. The van der Waals surface area contributed by atoms with Crippen LogP contribution in [0.1, 0.15) is 18.4 Å². The van der Waals surface area contributed by atoms with Crippen LogP contribution in [0.25, 0.3) is 0 Å². The van der Waals surface area contributed by atoms with E-state index in [0.717, 1.165) is 5.56 Å². The molecule has 2 N–H and O–H groups in total. The molecule has 1 amide bonds. The second-order valence-electron chi connectivity index (χ2n) is 5.46. The quantitative estimate of drug-likeness (QED) is 0.889. The first-order valence-electron chi connectivity index (χ1n) is 6.96. The highest BCUT2D eigenvalue weighted by atomic mass is 35.5. The maximum atomic E-state index is 12.8. The molecule has 4 nitrogen and oxygen atoms in total. The van der Waals surface area contributed by atoms with Crippen molar-refractivity contribution in [1.82, 2.24) is 4.90 Å². The van der Waals surface area contributed by atoms with Gasteiger partial charge in [-0.1, -0.05) is 29.3 Å². The summed E-state index contributed by atoms with van der Waals surface area (Å²) < 4.78 is 5.34. The number of ether oxygens (including phenoxy) is 1. The molecule has 0 unspecified atom stereocenters. The molecule has 1 heterocycles. The van der Waals surface area contributed by atoms with Gasteiger partial charge in [0.2, 0.25) is 5.91 Å². The SMILES string of the molecule is CN(Cc1c(Cl)cccc1Cl)C(=O)C1(CN)CCOCC1.Cl. The predicted octanol–water partition coefficient (Wildman–Crippen LogP) is 3.13. The first-order valence-corrected chi connectivity index (χ1v) is 7.72. The number of carbonyl (C=O) groups is 1. The number of hydrogen-bond acceptors (Lipinski definition) is 3. The van der Waals surface area contributed by atoms with Crippen LogP contribution in [0.15, 0.2) is 18.2 Å². The van der Waals surface area contributed by atoms with Crippen molar-refractivity contribution in [1.29, 1.82) is 0 Å². The van der Waals surface area contributed by atoms with Crippen molar-refractivity contribution in [3.8, 4) is 0 Å². The van der Waals surface area contributed by atoms with Crippen LogP contribution in [-0.2, 0) is 16.1 Å². The van der Waals surface area contributed by atoms with Crippen molar-refractivity contribution >= 4 is 41.5 Å². The molecule has 1 fully saturated rings. The summed E-state index contributed by atoms with van der Waals surface area (Å²) in [6.07, 6.45) is 1.31. The minimum atomic E-state index is -0.527. The average molecular weight is 368 g/mol. The Hall–Kier alpha value is -0.520. The third-order valence-corrected chi connectivity index (χ3v) is 4.81. The maximum Gasteiger partial charge on any atom is 0.230 e. The molecule has 1 aromatic rings. The van der Waals surface area contributed by atoms with Crippen LogP contribution < -0.4 is 5.73 Å². The highest BCUT2D eigenvalue weighted by molar-refractivity contribution is 6.36. The van der Waals surface area contributed by atoms with Crippen LogP contribution in [0.5, 0.6) is 0 Å². The number of nitrogens with zero attached hydrogens (tertiary/aromatic N) is 1. The lowest BCUT2D eigenvalue weighted by Crippen LogP contribution is -2.49. The van der Waals surface area contributed by atoms with E-state index in [1.54, 1.807) is 30.1 Å². The molecular formula is C15H21Cl3N2O2. The third kappa shape index (κ3) is 4.06. The normalized spacial score (nSPS) is 16.7. The summed E-state index contributed by atoms with van der Waals surface area (Å²) >= 11 is 12.3. The van der Waals surface area contributed by atoms with E-state index in [4.69, 9.17) is 33.7 Å². The maximum absolute atomic E-state index is 12.8. The second kappa shape index (κ2) is 8.37. The fourth-order valence-corrected chi connectivity index (χ4v) is 3.18. The van der Waals surface area contributed by atoms with Crippen molar-refractivity contribution in [2.45, 2.75) is 19.4 Å². The van der Waals surface area contributed by atoms with E-state index < -0.39 is 5.41 Å². The van der Waals surface area contributed by atoms with Gasteiger partial charge in [0, 0.05) is 49.0 Å². The van der Waals surface area contributed by atoms with E-state index in [2.05, 4.69) is 0 Å². The van der Waals surface area contributed by atoms with Crippen molar-refractivity contribution in [3.63, 3.8) is 0 Å². The van der Waals surface area contributed by atoms with Gasteiger partial charge in [-0.2, -0.15) is 0 Å². The van der Waals surface area contributed by atoms with Gasteiger partial charge in [-0.3, -0.25) is 4.79 Å². The third-order valence-electron chi connectivity index (χ3n) is 4.10. The van der Waals surface area contributed by atoms with E-state index in [0.29, 0.717) is 49.2 Å². The number of rotatable bonds is 4. The van der Waals surface area contributed by atoms with Gasteiger partial charge < -0.3 is 15.4 Å². The Morgan fingerprint density at radius 2 is 1.86 bits per heavy atom. The van der Waals surface area contributed by atoms with E-state index in [1.807, 2.05) is 0 Å². The lowest BCUT2D eigenvalue weighted by atomic mass is 9.79. The number of amides is 1. The molecule has 124 valence electrons. The van der Waals surface area contributed by atoms with Crippen LogP contribution in [0.4, 0.5) is 0 Å². The first kappa shape index (κ1) is 19.5. The molecule has 0 aromatic heterocycles. The van der Waals surface area contributed by atoms with E-state index in [9.17, 15) is 4.79 Å². The van der Waals surface area contributed by atoms with Gasteiger partial charge in [0.1, 0.15) is 0 Å². The Morgan fingerprint density at radius 3 is 2.36 bits per heavy atom. The number of halogens is 3.